The third kappa shape index (κ3) is 9.84. The normalized spacial score (nSPS) is 11.9. The van der Waals surface area contributed by atoms with E-state index in [1.54, 1.807) is 14.1 Å². The number of hydrogen-bond acceptors (Lipinski definition) is 7. The van der Waals surface area contributed by atoms with E-state index in [0.29, 0.717) is 46.0 Å². The summed E-state index contributed by atoms with van der Waals surface area (Å²) in [5.74, 6) is 4.63. The van der Waals surface area contributed by atoms with Gasteiger partial charge in [0.15, 0.2) is 28.8 Å². The van der Waals surface area contributed by atoms with Crippen LogP contribution in [0.1, 0.15) is 45.5 Å². The van der Waals surface area contributed by atoms with E-state index in [9.17, 15) is 4.79 Å². The minimum atomic E-state index is -0.684. The van der Waals surface area contributed by atoms with E-state index in [2.05, 4.69) is 10.6 Å². The zero-order valence-corrected chi connectivity index (χ0v) is 31.6. The highest BCUT2D eigenvalue weighted by Gasteiger charge is 2.29. The van der Waals surface area contributed by atoms with Crippen molar-refractivity contribution in [3.63, 3.8) is 0 Å². The van der Waals surface area contributed by atoms with Gasteiger partial charge in [0, 0.05) is 0 Å². The first-order valence-electron chi connectivity index (χ1n) is 17.3. The van der Waals surface area contributed by atoms with Crippen LogP contribution in [0.5, 0.6) is 46.0 Å². The van der Waals surface area contributed by atoms with Crippen LogP contribution in [0.4, 0.5) is 0 Å². The van der Waals surface area contributed by atoms with Crippen LogP contribution in [0.25, 0.3) is 0 Å². The summed E-state index contributed by atoms with van der Waals surface area (Å²) < 4.78 is 25.3. The first-order valence-corrected chi connectivity index (χ1v) is 17.3. The second kappa shape index (κ2) is 17.8. The van der Waals surface area contributed by atoms with Crippen LogP contribution >= 0.6 is 12.4 Å². The summed E-state index contributed by atoms with van der Waals surface area (Å²) >= 11 is 0. The van der Waals surface area contributed by atoms with Crippen LogP contribution in [-0.4, -0.2) is 19.9 Å². The number of carbonyl (C=O) groups excluding carboxylic acids is 1. The fourth-order valence-electron chi connectivity index (χ4n) is 5.78. The second-order valence-corrected chi connectivity index (χ2v) is 12.9. The number of hydrogen-bond donors (Lipinski definition) is 2. The van der Waals surface area contributed by atoms with Crippen molar-refractivity contribution >= 4 is 18.2 Å². The third-order valence-corrected chi connectivity index (χ3v) is 8.74. The molecule has 0 aliphatic rings. The Labute approximate surface area is 318 Å². The van der Waals surface area contributed by atoms with Crippen molar-refractivity contribution in [2.45, 2.75) is 39.8 Å². The van der Waals surface area contributed by atoms with Crippen LogP contribution in [0.15, 0.2) is 133 Å². The van der Waals surface area contributed by atoms with Crippen LogP contribution in [0.3, 0.4) is 0 Å². The molecule has 0 aliphatic heterocycles. The van der Waals surface area contributed by atoms with Gasteiger partial charge in [0.2, 0.25) is 0 Å². The number of halogens is 1. The van der Waals surface area contributed by atoms with Gasteiger partial charge >= 0.3 is 0 Å². The fraction of sp³-hybridized carbons (Fsp3) is 0.178. The van der Waals surface area contributed by atoms with E-state index >= 15 is 0 Å². The standard InChI is InChI=1S/C45H44N2O5.ClH/c1-29-7-17-35(18-8-29)49-39-25-15-33(27-41(39)51-37-21-11-31(3)12-22-37)43(46-5)45(48)44(47-6)34-16-26-40(50-36-19-9-30(2)10-20-36)42(28-34)52-38-23-13-32(4)14-24-38;/h7-28,43-44,46-47H,1-6H3;1H. The highest BCUT2D eigenvalue weighted by Crippen LogP contribution is 2.40. The Morgan fingerprint density at radius 1 is 0.415 bits per heavy atom. The monoisotopic (exact) mass is 728 g/mol. The van der Waals surface area contributed by atoms with Crippen LogP contribution in [0, 0.1) is 27.7 Å². The highest BCUT2D eigenvalue weighted by molar-refractivity contribution is 5.91. The molecule has 6 aromatic rings. The summed E-state index contributed by atoms with van der Waals surface area (Å²) in [6.07, 6.45) is 0. The van der Waals surface area contributed by atoms with Crippen LogP contribution in [0.2, 0.25) is 0 Å². The van der Waals surface area contributed by atoms with Crippen molar-refractivity contribution in [3.8, 4) is 46.0 Å². The van der Waals surface area contributed by atoms with E-state index in [-0.39, 0.29) is 18.2 Å². The highest BCUT2D eigenvalue weighted by atomic mass is 35.5. The van der Waals surface area contributed by atoms with E-state index in [0.717, 1.165) is 33.4 Å². The molecule has 2 atom stereocenters. The summed E-state index contributed by atoms with van der Waals surface area (Å²) in [6.45, 7) is 8.12. The van der Waals surface area contributed by atoms with E-state index in [1.807, 2.05) is 161 Å². The molecule has 53 heavy (non-hydrogen) atoms. The Balaban J connectivity index is 0.00000541. The van der Waals surface area contributed by atoms with Gasteiger partial charge in [-0.3, -0.25) is 4.79 Å². The topological polar surface area (TPSA) is 78.1 Å². The first kappa shape index (κ1) is 38.6. The predicted molar refractivity (Wildman–Crippen MR) is 214 cm³/mol. The summed E-state index contributed by atoms with van der Waals surface area (Å²) in [5.41, 5.74) is 5.96. The fourth-order valence-corrected chi connectivity index (χ4v) is 5.78. The molecule has 8 heteroatoms. The maximum absolute atomic E-state index is 14.5. The molecule has 272 valence electrons. The number of Topliss-reactive ketones (excluding diaryl/α,β-unsaturated/α-hetero) is 1. The SMILES string of the molecule is CNC(C(=O)C(NC)c1ccc(Oc2ccc(C)cc2)c(Oc2ccc(C)cc2)c1)c1ccc(Oc2ccc(C)cc2)c(Oc2ccc(C)cc2)c1.Cl. The van der Waals surface area contributed by atoms with Crippen molar-refractivity contribution in [3.05, 3.63) is 167 Å². The van der Waals surface area contributed by atoms with Crippen molar-refractivity contribution in [2.75, 3.05) is 14.1 Å². The molecule has 6 aromatic carbocycles. The second-order valence-electron chi connectivity index (χ2n) is 12.9. The first-order chi connectivity index (χ1) is 25.2. The average molecular weight is 729 g/mol. The molecule has 0 radical (unpaired) electrons. The minimum Gasteiger partial charge on any atom is -0.453 e. The van der Waals surface area contributed by atoms with Crippen molar-refractivity contribution < 1.29 is 23.7 Å². The molecule has 0 saturated heterocycles. The molecule has 0 spiro atoms. The lowest BCUT2D eigenvalue weighted by Gasteiger charge is -2.24. The molecule has 6 rings (SSSR count). The Morgan fingerprint density at radius 3 is 0.943 bits per heavy atom. The molecule has 0 fully saturated rings. The summed E-state index contributed by atoms with van der Waals surface area (Å²) in [4.78, 5) is 14.5. The number of ether oxygens (including phenoxy) is 4. The number of aryl methyl sites for hydroxylation is 4. The van der Waals surface area contributed by atoms with E-state index in [4.69, 9.17) is 18.9 Å². The number of nitrogens with one attached hydrogen (secondary N) is 2. The predicted octanol–water partition coefficient (Wildman–Crippen LogP) is 11.3. The molecule has 0 saturated carbocycles. The van der Waals surface area contributed by atoms with Crippen LogP contribution < -0.4 is 29.6 Å². The van der Waals surface area contributed by atoms with E-state index < -0.39 is 12.1 Å². The van der Waals surface area contributed by atoms with Gasteiger partial charge in [0.25, 0.3) is 0 Å². The quantitative estimate of drug-likeness (QED) is 0.116. The van der Waals surface area contributed by atoms with Gasteiger partial charge in [-0.25, -0.2) is 0 Å². The Morgan fingerprint density at radius 2 is 0.679 bits per heavy atom. The maximum atomic E-state index is 14.5. The lowest BCUT2D eigenvalue weighted by Crippen LogP contribution is -2.35. The maximum Gasteiger partial charge on any atom is 0.175 e. The summed E-state index contributed by atoms with van der Waals surface area (Å²) in [7, 11) is 3.55. The largest absolute Gasteiger partial charge is 0.453 e. The van der Waals surface area contributed by atoms with Crippen molar-refractivity contribution in [1.82, 2.24) is 10.6 Å². The average Bonchev–Trinajstić information content (AvgIpc) is 3.14. The van der Waals surface area contributed by atoms with Gasteiger partial charge in [-0.15, -0.1) is 12.4 Å². The molecule has 0 amide bonds. The molecule has 0 aliphatic carbocycles. The number of likely N-dealkylation sites (N-methyl/N-ethyl adjacent to an activating group) is 2. The Kier molecular flexibility index (Phi) is 12.9. The van der Waals surface area contributed by atoms with Gasteiger partial charge < -0.3 is 29.6 Å². The van der Waals surface area contributed by atoms with Gasteiger partial charge in [-0.05, 0) is 126 Å². The van der Waals surface area contributed by atoms with Gasteiger partial charge in [0.05, 0.1) is 12.1 Å². The van der Waals surface area contributed by atoms with Gasteiger partial charge in [0.1, 0.15) is 23.0 Å². The molecule has 0 aromatic heterocycles. The van der Waals surface area contributed by atoms with Crippen molar-refractivity contribution in [2.24, 2.45) is 0 Å². The number of carbonyl (C=O) groups is 1. The van der Waals surface area contributed by atoms with Gasteiger partial charge in [-0.2, -0.15) is 0 Å². The van der Waals surface area contributed by atoms with Crippen LogP contribution in [-0.2, 0) is 4.79 Å². The molecule has 0 bridgehead atoms. The summed E-state index contributed by atoms with van der Waals surface area (Å²) in [5, 5.41) is 6.49. The minimum absolute atomic E-state index is 0. The molecule has 7 nitrogen and oxygen atoms in total. The van der Waals surface area contributed by atoms with Gasteiger partial charge in [-0.1, -0.05) is 82.9 Å². The molecule has 2 N–H and O–H groups in total. The molecular weight excluding hydrogens is 684 g/mol. The molecular formula is C45H45ClN2O5. The Bertz CT molecular complexity index is 1960. The molecule has 2 unspecified atom stereocenters. The lowest BCUT2D eigenvalue weighted by molar-refractivity contribution is -0.123. The number of rotatable bonds is 14. The smallest absolute Gasteiger partial charge is 0.175 e. The lowest BCUT2D eigenvalue weighted by atomic mass is 9.93. The summed E-state index contributed by atoms with van der Waals surface area (Å²) in [6, 6.07) is 41.1. The Hall–Kier alpha value is -5.60. The zero-order chi connectivity index (χ0) is 36.6. The van der Waals surface area contributed by atoms with Crippen molar-refractivity contribution in [1.29, 1.82) is 0 Å². The third-order valence-electron chi connectivity index (χ3n) is 8.74. The number of benzene rings is 6. The zero-order valence-electron chi connectivity index (χ0n) is 30.8. The molecule has 0 heterocycles. The number of ketones is 1. The van der Waals surface area contributed by atoms with E-state index in [1.165, 1.54) is 0 Å².